The van der Waals surface area contributed by atoms with Gasteiger partial charge in [0.1, 0.15) is 12.4 Å². The van der Waals surface area contributed by atoms with Crippen molar-refractivity contribution in [1.29, 1.82) is 0 Å². The van der Waals surface area contributed by atoms with Gasteiger partial charge in [-0.1, -0.05) is 12.1 Å². The molecule has 0 fully saturated rings. The molecule has 0 bridgehead atoms. The number of carbonyl (C=O) groups excluding carboxylic acids is 1. The van der Waals surface area contributed by atoms with Crippen LogP contribution in [0.3, 0.4) is 0 Å². The molecule has 0 saturated heterocycles. The fraction of sp³-hybridized carbons (Fsp3) is 0.429. The van der Waals surface area contributed by atoms with Gasteiger partial charge in [0.2, 0.25) is 5.91 Å². The first-order chi connectivity index (χ1) is 8.93. The van der Waals surface area contributed by atoms with Crippen LogP contribution < -0.4 is 11.1 Å². The van der Waals surface area contributed by atoms with Crippen LogP contribution in [0, 0.1) is 6.92 Å². The molecular formula is C14H22Cl2N4O. The molecule has 1 aromatic heterocycles. The van der Waals surface area contributed by atoms with Gasteiger partial charge in [-0.25, -0.2) is 4.98 Å². The van der Waals surface area contributed by atoms with Gasteiger partial charge in [-0.05, 0) is 32.9 Å². The number of para-hydroxylation sites is 2. The molecule has 7 heteroatoms. The van der Waals surface area contributed by atoms with Crippen molar-refractivity contribution in [3.8, 4) is 0 Å². The van der Waals surface area contributed by atoms with Crippen molar-refractivity contribution in [3.63, 3.8) is 0 Å². The zero-order chi connectivity index (χ0) is 14.0. The number of fused-ring (bicyclic) bond motifs is 1. The first-order valence-electron chi connectivity index (χ1n) is 6.36. The van der Waals surface area contributed by atoms with Crippen molar-refractivity contribution in [3.05, 3.63) is 30.1 Å². The van der Waals surface area contributed by atoms with Gasteiger partial charge in [-0.2, -0.15) is 0 Å². The molecule has 0 aliphatic heterocycles. The van der Waals surface area contributed by atoms with E-state index in [9.17, 15) is 4.79 Å². The number of nitrogens with two attached hydrogens (primary N) is 1. The predicted octanol–water partition coefficient (Wildman–Crippen LogP) is 2.04. The highest BCUT2D eigenvalue weighted by molar-refractivity contribution is 5.85. The van der Waals surface area contributed by atoms with Gasteiger partial charge in [-0.15, -0.1) is 24.8 Å². The van der Waals surface area contributed by atoms with Crippen LogP contribution in [0.5, 0.6) is 0 Å². The number of imidazole rings is 1. The summed E-state index contributed by atoms with van der Waals surface area (Å²) in [6.45, 7) is 6.38. The number of aryl methyl sites for hydroxylation is 1. The highest BCUT2D eigenvalue weighted by Crippen LogP contribution is 2.15. The lowest BCUT2D eigenvalue weighted by molar-refractivity contribution is -0.123. The highest BCUT2D eigenvalue weighted by atomic mass is 35.5. The number of carbonyl (C=O) groups is 1. The predicted molar refractivity (Wildman–Crippen MR) is 90.2 cm³/mol. The van der Waals surface area contributed by atoms with E-state index in [1.165, 1.54) is 0 Å². The first-order valence-corrected chi connectivity index (χ1v) is 6.36. The zero-order valence-electron chi connectivity index (χ0n) is 12.4. The average Bonchev–Trinajstić information content (AvgIpc) is 2.66. The number of rotatable bonds is 4. The SMILES string of the molecule is Cc1nc2ccccc2n1CC(=O)NC(C)(C)CN.Cl.Cl. The largest absolute Gasteiger partial charge is 0.348 e. The topological polar surface area (TPSA) is 72.9 Å². The lowest BCUT2D eigenvalue weighted by atomic mass is 10.1. The zero-order valence-corrected chi connectivity index (χ0v) is 14.1. The molecule has 0 radical (unpaired) electrons. The Bertz CT molecular complexity index is 610. The molecule has 0 atom stereocenters. The van der Waals surface area contributed by atoms with Crippen molar-refractivity contribution < 1.29 is 4.79 Å². The molecule has 118 valence electrons. The Morgan fingerprint density at radius 3 is 2.57 bits per heavy atom. The fourth-order valence-corrected chi connectivity index (χ4v) is 2.01. The van der Waals surface area contributed by atoms with Crippen molar-refractivity contribution >= 4 is 41.8 Å². The van der Waals surface area contributed by atoms with E-state index < -0.39 is 0 Å². The van der Waals surface area contributed by atoms with E-state index in [0.29, 0.717) is 6.54 Å². The highest BCUT2D eigenvalue weighted by Gasteiger charge is 2.19. The average molecular weight is 333 g/mol. The maximum Gasteiger partial charge on any atom is 0.240 e. The number of nitrogens with one attached hydrogen (secondary N) is 1. The second-order valence-corrected chi connectivity index (χ2v) is 5.37. The van der Waals surface area contributed by atoms with Crippen LogP contribution in [0.2, 0.25) is 0 Å². The van der Waals surface area contributed by atoms with Crippen LogP contribution in [0.4, 0.5) is 0 Å². The summed E-state index contributed by atoms with van der Waals surface area (Å²) < 4.78 is 1.91. The quantitative estimate of drug-likeness (QED) is 0.899. The second-order valence-electron chi connectivity index (χ2n) is 5.37. The molecule has 0 aliphatic carbocycles. The maximum atomic E-state index is 12.1. The summed E-state index contributed by atoms with van der Waals surface area (Å²) in [5.74, 6) is 0.781. The molecule has 21 heavy (non-hydrogen) atoms. The van der Waals surface area contributed by atoms with Crippen molar-refractivity contribution in [2.24, 2.45) is 5.73 Å². The van der Waals surface area contributed by atoms with Crippen LogP contribution >= 0.6 is 24.8 Å². The number of hydrogen-bond acceptors (Lipinski definition) is 3. The molecule has 1 heterocycles. The Morgan fingerprint density at radius 1 is 1.33 bits per heavy atom. The number of benzene rings is 1. The lowest BCUT2D eigenvalue weighted by Gasteiger charge is -2.24. The molecule has 0 aliphatic rings. The maximum absolute atomic E-state index is 12.1. The van der Waals surface area contributed by atoms with E-state index in [0.717, 1.165) is 16.9 Å². The van der Waals surface area contributed by atoms with Crippen LogP contribution in [0.15, 0.2) is 24.3 Å². The minimum atomic E-state index is -0.388. The third-order valence-electron chi connectivity index (χ3n) is 3.14. The van der Waals surface area contributed by atoms with Gasteiger partial charge in [0, 0.05) is 12.1 Å². The Morgan fingerprint density at radius 2 is 1.95 bits per heavy atom. The second kappa shape index (κ2) is 7.64. The van der Waals surface area contributed by atoms with E-state index in [2.05, 4.69) is 10.3 Å². The monoisotopic (exact) mass is 332 g/mol. The Balaban J connectivity index is 0.00000200. The number of halogens is 2. The van der Waals surface area contributed by atoms with Crippen LogP contribution in [-0.4, -0.2) is 27.5 Å². The number of nitrogens with zero attached hydrogens (tertiary/aromatic N) is 2. The first kappa shape index (κ1) is 19.7. The van der Waals surface area contributed by atoms with Crippen LogP contribution in [-0.2, 0) is 11.3 Å². The third kappa shape index (κ3) is 4.59. The minimum Gasteiger partial charge on any atom is -0.348 e. The molecule has 3 N–H and O–H groups in total. The van der Waals surface area contributed by atoms with E-state index in [4.69, 9.17) is 5.73 Å². The molecule has 0 unspecified atom stereocenters. The van der Waals surface area contributed by atoms with Gasteiger partial charge in [-0.3, -0.25) is 4.79 Å². The van der Waals surface area contributed by atoms with E-state index >= 15 is 0 Å². The summed E-state index contributed by atoms with van der Waals surface area (Å²) in [6, 6.07) is 7.80. The van der Waals surface area contributed by atoms with Crippen molar-refractivity contribution in [1.82, 2.24) is 14.9 Å². The summed E-state index contributed by atoms with van der Waals surface area (Å²) in [6.07, 6.45) is 0. The summed E-state index contributed by atoms with van der Waals surface area (Å²) in [5.41, 5.74) is 7.11. The standard InChI is InChI=1S/C14H20N4O.2ClH/c1-10-16-11-6-4-5-7-12(11)18(10)8-13(19)17-14(2,3)9-15;;/h4-7H,8-9,15H2,1-3H3,(H,17,19);2*1H. The Kier molecular flexibility index (Phi) is 7.16. The van der Waals surface area contributed by atoms with E-state index in [1.54, 1.807) is 0 Å². The summed E-state index contributed by atoms with van der Waals surface area (Å²) in [4.78, 5) is 16.5. The van der Waals surface area contributed by atoms with Crippen LogP contribution in [0.25, 0.3) is 11.0 Å². The molecule has 0 spiro atoms. The van der Waals surface area contributed by atoms with Gasteiger partial charge in [0.15, 0.2) is 0 Å². The number of hydrogen-bond donors (Lipinski definition) is 2. The molecule has 5 nitrogen and oxygen atoms in total. The minimum absolute atomic E-state index is 0. The summed E-state index contributed by atoms with van der Waals surface area (Å²) in [5, 5.41) is 2.92. The fourth-order valence-electron chi connectivity index (χ4n) is 2.01. The van der Waals surface area contributed by atoms with Gasteiger partial charge >= 0.3 is 0 Å². The molecule has 2 aromatic rings. The van der Waals surface area contributed by atoms with Crippen molar-refractivity contribution in [2.75, 3.05) is 6.54 Å². The molecule has 1 amide bonds. The number of aromatic nitrogens is 2. The van der Waals surface area contributed by atoms with Gasteiger partial charge in [0.25, 0.3) is 0 Å². The number of amides is 1. The Labute approximate surface area is 137 Å². The Hall–Kier alpha value is -1.30. The lowest BCUT2D eigenvalue weighted by Crippen LogP contribution is -2.49. The molecular weight excluding hydrogens is 311 g/mol. The van der Waals surface area contributed by atoms with Crippen LogP contribution in [0.1, 0.15) is 19.7 Å². The van der Waals surface area contributed by atoms with Gasteiger partial charge < -0.3 is 15.6 Å². The summed E-state index contributed by atoms with van der Waals surface area (Å²) in [7, 11) is 0. The summed E-state index contributed by atoms with van der Waals surface area (Å²) >= 11 is 0. The van der Waals surface area contributed by atoms with Gasteiger partial charge in [0.05, 0.1) is 11.0 Å². The van der Waals surface area contributed by atoms with E-state index in [-0.39, 0.29) is 42.8 Å². The van der Waals surface area contributed by atoms with E-state index in [1.807, 2.05) is 49.6 Å². The molecule has 2 rings (SSSR count). The van der Waals surface area contributed by atoms with Crippen molar-refractivity contribution in [2.45, 2.75) is 32.9 Å². The normalized spacial score (nSPS) is 10.7. The molecule has 1 aromatic carbocycles. The molecule has 0 saturated carbocycles. The smallest absolute Gasteiger partial charge is 0.240 e. The third-order valence-corrected chi connectivity index (χ3v) is 3.14.